The summed E-state index contributed by atoms with van der Waals surface area (Å²) in [5, 5.41) is 3.43. The second-order valence-corrected chi connectivity index (χ2v) is 8.31. The second kappa shape index (κ2) is 8.93. The monoisotopic (exact) mass is 410 g/mol. The summed E-state index contributed by atoms with van der Waals surface area (Å²) in [5.41, 5.74) is 0.846. The van der Waals surface area contributed by atoms with Crippen LogP contribution in [0.3, 0.4) is 0 Å². The Hall–Kier alpha value is -1.80. The van der Waals surface area contributed by atoms with Crippen LogP contribution in [0.15, 0.2) is 47.4 Å². The highest BCUT2D eigenvalue weighted by molar-refractivity contribution is 7.87. The van der Waals surface area contributed by atoms with Gasteiger partial charge in [0.25, 0.3) is 0 Å². The van der Waals surface area contributed by atoms with Crippen LogP contribution < -0.4 is 14.2 Å². The molecule has 0 unspecified atom stereocenters. The Kier molecular flexibility index (Phi) is 6.59. The molecule has 0 saturated carbocycles. The third kappa shape index (κ3) is 5.59. The molecule has 6 nitrogen and oxygen atoms in total. The molecule has 1 aliphatic rings. The Morgan fingerprint density at radius 3 is 2.56 bits per heavy atom. The van der Waals surface area contributed by atoms with Crippen molar-refractivity contribution in [2.75, 3.05) is 39.3 Å². The molecule has 3 rings (SSSR count). The van der Waals surface area contributed by atoms with Gasteiger partial charge in [-0.25, -0.2) is 0 Å². The fourth-order valence-electron chi connectivity index (χ4n) is 2.89. The first-order chi connectivity index (χ1) is 12.9. The molecule has 1 fully saturated rings. The molecule has 1 aliphatic heterocycles. The summed E-state index contributed by atoms with van der Waals surface area (Å²) in [4.78, 5) is 2.26. The van der Waals surface area contributed by atoms with Crippen molar-refractivity contribution in [3.05, 3.63) is 53.1 Å². The van der Waals surface area contributed by atoms with Crippen molar-refractivity contribution >= 4 is 21.7 Å². The van der Waals surface area contributed by atoms with E-state index in [9.17, 15) is 8.42 Å². The van der Waals surface area contributed by atoms with Crippen LogP contribution in [0.4, 0.5) is 0 Å². The molecule has 0 amide bonds. The van der Waals surface area contributed by atoms with Crippen LogP contribution in [0.25, 0.3) is 0 Å². The summed E-state index contributed by atoms with van der Waals surface area (Å²) >= 11 is 5.99. The van der Waals surface area contributed by atoms with Gasteiger partial charge in [0.2, 0.25) is 0 Å². The van der Waals surface area contributed by atoms with E-state index in [1.807, 2.05) is 13.0 Å². The lowest BCUT2D eigenvalue weighted by Gasteiger charge is -2.26. The van der Waals surface area contributed by atoms with Crippen LogP contribution in [-0.4, -0.2) is 52.6 Å². The average Bonchev–Trinajstić information content (AvgIpc) is 2.62. The van der Waals surface area contributed by atoms with Gasteiger partial charge in [-0.15, -0.1) is 0 Å². The first-order valence-corrected chi connectivity index (χ1v) is 10.6. The fraction of sp³-hybridized carbons (Fsp3) is 0.368. The van der Waals surface area contributed by atoms with E-state index >= 15 is 0 Å². The number of ether oxygens (including phenoxy) is 1. The lowest BCUT2D eigenvalue weighted by atomic mass is 10.2. The van der Waals surface area contributed by atoms with Crippen LogP contribution in [0.1, 0.15) is 5.56 Å². The highest BCUT2D eigenvalue weighted by Gasteiger charge is 2.20. The zero-order valence-electron chi connectivity index (χ0n) is 15.2. The van der Waals surface area contributed by atoms with Crippen LogP contribution in [0.2, 0.25) is 5.02 Å². The summed E-state index contributed by atoms with van der Waals surface area (Å²) in [6.45, 7) is 7.19. The largest absolute Gasteiger partial charge is 0.492 e. The molecule has 1 N–H and O–H groups in total. The SMILES string of the molecule is Cc1cc(OCCN2CCNCC2)cc(OS(=O)(=O)c2ccccc2Cl)c1. The second-order valence-electron chi connectivity index (χ2n) is 6.39. The van der Waals surface area contributed by atoms with Gasteiger partial charge in [-0.2, -0.15) is 8.42 Å². The fourth-order valence-corrected chi connectivity index (χ4v) is 4.30. The third-order valence-corrected chi connectivity index (χ3v) is 5.97. The molecular formula is C19H23ClN2O4S. The van der Waals surface area contributed by atoms with Gasteiger partial charge in [-0.1, -0.05) is 23.7 Å². The number of hydrogen-bond acceptors (Lipinski definition) is 6. The van der Waals surface area contributed by atoms with E-state index < -0.39 is 10.1 Å². The summed E-state index contributed by atoms with van der Waals surface area (Å²) < 4.78 is 36.1. The minimum Gasteiger partial charge on any atom is -0.492 e. The lowest BCUT2D eigenvalue weighted by molar-refractivity contribution is 0.191. The van der Waals surface area contributed by atoms with Gasteiger partial charge >= 0.3 is 10.1 Å². The predicted octanol–water partition coefficient (Wildman–Crippen LogP) is 2.70. The van der Waals surface area contributed by atoms with Crippen molar-refractivity contribution in [3.63, 3.8) is 0 Å². The molecule has 27 heavy (non-hydrogen) atoms. The smallest absolute Gasteiger partial charge is 0.340 e. The molecule has 146 valence electrons. The van der Waals surface area contributed by atoms with Crippen LogP contribution >= 0.6 is 11.6 Å². The maximum absolute atomic E-state index is 12.5. The summed E-state index contributed by atoms with van der Waals surface area (Å²) in [7, 11) is -4.02. The standard InChI is InChI=1S/C19H23ClN2O4S/c1-15-12-16(25-11-10-22-8-6-21-7-9-22)14-17(13-15)26-27(23,24)19-5-3-2-4-18(19)20/h2-5,12-14,21H,6-11H2,1H3. The Balaban J connectivity index is 1.67. The molecule has 0 aliphatic carbocycles. The number of nitrogens with one attached hydrogen (secondary N) is 1. The normalized spacial score (nSPS) is 15.5. The molecule has 0 atom stereocenters. The number of hydrogen-bond donors (Lipinski definition) is 1. The highest BCUT2D eigenvalue weighted by atomic mass is 35.5. The van der Waals surface area contributed by atoms with Crippen molar-refractivity contribution in [1.29, 1.82) is 0 Å². The quantitative estimate of drug-likeness (QED) is 0.708. The minimum atomic E-state index is -4.02. The lowest BCUT2D eigenvalue weighted by Crippen LogP contribution is -2.44. The van der Waals surface area contributed by atoms with Gasteiger partial charge in [0, 0.05) is 38.8 Å². The Labute approximate surface area is 165 Å². The van der Waals surface area contributed by atoms with Crippen molar-refractivity contribution in [3.8, 4) is 11.5 Å². The molecule has 1 saturated heterocycles. The maximum Gasteiger partial charge on any atom is 0.340 e. The van der Waals surface area contributed by atoms with Crippen molar-refractivity contribution in [1.82, 2.24) is 10.2 Å². The van der Waals surface area contributed by atoms with Crippen LogP contribution in [0.5, 0.6) is 11.5 Å². The van der Waals surface area contributed by atoms with E-state index in [0.717, 1.165) is 38.3 Å². The molecule has 0 aromatic heterocycles. The average molecular weight is 411 g/mol. The molecule has 0 spiro atoms. The number of halogens is 1. The number of piperazine rings is 1. The minimum absolute atomic E-state index is 0.0608. The topological polar surface area (TPSA) is 67.9 Å². The Bertz CT molecular complexity index is 883. The van der Waals surface area contributed by atoms with Gasteiger partial charge in [0.05, 0.1) is 5.02 Å². The van der Waals surface area contributed by atoms with Gasteiger partial charge < -0.3 is 14.2 Å². The van der Waals surface area contributed by atoms with Gasteiger partial charge in [-0.3, -0.25) is 4.90 Å². The maximum atomic E-state index is 12.5. The summed E-state index contributed by atoms with van der Waals surface area (Å²) in [6.07, 6.45) is 0. The Morgan fingerprint density at radius 1 is 1.11 bits per heavy atom. The van der Waals surface area contributed by atoms with E-state index in [2.05, 4.69) is 10.2 Å². The molecule has 2 aromatic rings. The number of benzene rings is 2. The number of nitrogens with zero attached hydrogens (tertiary/aromatic N) is 1. The first-order valence-electron chi connectivity index (χ1n) is 8.81. The molecular weight excluding hydrogens is 388 g/mol. The summed E-state index contributed by atoms with van der Waals surface area (Å²) in [6, 6.07) is 11.3. The highest BCUT2D eigenvalue weighted by Crippen LogP contribution is 2.28. The first kappa shape index (κ1) is 19.9. The molecule has 2 aromatic carbocycles. The van der Waals surface area contributed by atoms with Crippen LogP contribution in [-0.2, 0) is 10.1 Å². The van der Waals surface area contributed by atoms with E-state index in [0.29, 0.717) is 12.4 Å². The van der Waals surface area contributed by atoms with E-state index in [-0.39, 0.29) is 15.7 Å². The molecule has 8 heteroatoms. The number of aryl methyl sites for hydroxylation is 1. The predicted molar refractivity (Wildman–Crippen MR) is 105 cm³/mol. The third-order valence-electron chi connectivity index (χ3n) is 4.22. The van der Waals surface area contributed by atoms with Crippen molar-refractivity contribution < 1.29 is 17.3 Å². The molecule has 0 bridgehead atoms. The van der Waals surface area contributed by atoms with Gasteiger partial charge in [0.15, 0.2) is 0 Å². The zero-order chi connectivity index (χ0) is 19.3. The number of rotatable bonds is 7. The van der Waals surface area contributed by atoms with E-state index in [1.54, 1.807) is 24.3 Å². The summed E-state index contributed by atoms with van der Waals surface area (Å²) in [5.74, 6) is 0.779. The van der Waals surface area contributed by atoms with Crippen LogP contribution in [0, 0.1) is 6.92 Å². The van der Waals surface area contributed by atoms with E-state index in [1.165, 1.54) is 12.1 Å². The zero-order valence-corrected chi connectivity index (χ0v) is 16.7. The van der Waals surface area contributed by atoms with Crippen molar-refractivity contribution in [2.24, 2.45) is 0 Å². The molecule has 1 heterocycles. The van der Waals surface area contributed by atoms with E-state index in [4.69, 9.17) is 20.5 Å². The van der Waals surface area contributed by atoms with Gasteiger partial charge in [0.1, 0.15) is 23.0 Å². The van der Waals surface area contributed by atoms with Gasteiger partial charge in [-0.05, 0) is 36.8 Å². The Morgan fingerprint density at radius 2 is 1.81 bits per heavy atom. The molecule has 0 radical (unpaired) electrons. The van der Waals surface area contributed by atoms with Crippen molar-refractivity contribution in [2.45, 2.75) is 11.8 Å².